The largest absolute Gasteiger partial charge is 0.391 e. The SMILES string of the molecule is CC1CCCC(N2CC(C)C(O)C2)C1. The van der Waals surface area contributed by atoms with Gasteiger partial charge in [0.15, 0.2) is 0 Å². The molecule has 2 fully saturated rings. The summed E-state index contributed by atoms with van der Waals surface area (Å²) in [5.74, 6) is 1.37. The number of aliphatic hydroxyl groups excluding tert-OH is 1. The Morgan fingerprint density at radius 2 is 1.93 bits per heavy atom. The van der Waals surface area contributed by atoms with E-state index in [1.165, 1.54) is 25.7 Å². The van der Waals surface area contributed by atoms with Crippen molar-refractivity contribution in [2.45, 2.75) is 51.7 Å². The van der Waals surface area contributed by atoms with Crippen LogP contribution in [-0.2, 0) is 0 Å². The third-order valence-corrected chi connectivity index (χ3v) is 4.03. The second-order valence-electron chi connectivity index (χ2n) is 5.42. The van der Waals surface area contributed by atoms with Crippen LogP contribution in [0.4, 0.5) is 0 Å². The molecule has 1 aliphatic carbocycles. The summed E-state index contributed by atoms with van der Waals surface area (Å²) in [4.78, 5) is 2.52. The Kier molecular flexibility index (Phi) is 3.13. The van der Waals surface area contributed by atoms with Crippen molar-refractivity contribution in [3.8, 4) is 0 Å². The van der Waals surface area contributed by atoms with Gasteiger partial charge in [0.05, 0.1) is 6.10 Å². The van der Waals surface area contributed by atoms with Crippen LogP contribution in [-0.4, -0.2) is 35.2 Å². The van der Waals surface area contributed by atoms with E-state index in [1.807, 2.05) is 0 Å². The van der Waals surface area contributed by atoms with Gasteiger partial charge in [-0.2, -0.15) is 0 Å². The fraction of sp³-hybridized carbons (Fsp3) is 1.00. The lowest BCUT2D eigenvalue weighted by atomic mass is 9.86. The Hall–Kier alpha value is -0.0800. The van der Waals surface area contributed by atoms with Gasteiger partial charge < -0.3 is 5.11 Å². The summed E-state index contributed by atoms with van der Waals surface area (Å²) in [5.41, 5.74) is 0. The summed E-state index contributed by atoms with van der Waals surface area (Å²) in [6.45, 7) is 6.55. The molecule has 0 amide bonds. The zero-order valence-corrected chi connectivity index (χ0v) is 9.45. The van der Waals surface area contributed by atoms with Crippen LogP contribution >= 0.6 is 0 Å². The third kappa shape index (κ3) is 2.12. The normalized spacial score (nSPS) is 45.6. The summed E-state index contributed by atoms with van der Waals surface area (Å²) >= 11 is 0. The number of β-amino-alcohol motifs (C(OH)–C–C–N with tert-alkyl or cyclic N) is 1. The molecule has 1 saturated heterocycles. The molecule has 2 rings (SSSR count). The lowest BCUT2D eigenvalue weighted by molar-refractivity contribution is 0.124. The average molecular weight is 197 g/mol. The summed E-state index contributed by atoms with van der Waals surface area (Å²) in [6, 6.07) is 0.762. The molecule has 1 heterocycles. The molecule has 4 unspecified atom stereocenters. The summed E-state index contributed by atoms with van der Waals surface area (Å²) in [5, 5.41) is 9.72. The standard InChI is InChI=1S/C12H23NO/c1-9-4-3-5-11(6-9)13-7-10(2)12(14)8-13/h9-12,14H,3-8H2,1-2H3. The predicted octanol–water partition coefficient (Wildman–Crippen LogP) is 1.88. The Morgan fingerprint density at radius 3 is 2.50 bits per heavy atom. The van der Waals surface area contributed by atoms with Gasteiger partial charge in [-0.15, -0.1) is 0 Å². The van der Waals surface area contributed by atoms with Crippen LogP contribution in [0.15, 0.2) is 0 Å². The second kappa shape index (κ2) is 4.19. The molecule has 1 saturated carbocycles. The molecule has 82 valence electrons. The Bertz CT molecular complexity index is 182. The first-order chi connectivity index (χ1) is 6.66. The third-order valence-electron chi connectivity index (χ3n) is 4.03. The van der Waals surface area contributed by atoms with Gasteiger partial charge in [0.1, 0.15) is 0 Å². The van der Waals surface area contributed by atoms with Crippen molar-refractivity contribution in [3.63, 3.8) is 0 Å². The Balaban J connectivity index is 1.89. The Morgan fingerprint density at radius 1 is 1.14 bits per heavy atom. The molecule has 2 nitrogen and oxygen atoms in total. The van der Waals surface area contributed by atoms with Gasteiger partial charge in [-0.1, -0.05) is 26.7 Å². The monoisotopic (exact) mass is 197 g/mol. The van der Waals surface area contributed by atoms with Gasteiger partial charge in [-0.3, -0.25) is 4.90 Å². The van der Waals surface area contributed by atoms with E-state index in [2.05, 4.69) is 18.7 Å². The van der Waals surface area contributed by atoms with E-state index in [1.54, 1.807) is 0 Å². The van der Waals surface area contributed by atoms with Gasteiger partial charge in [-0.25, -0.2) is 0 Å². The van der Waals surface area contributed by atoms with E-state index in [0.717, 1.165) is 25.0 Å². The first-order valence-electron chi connectivity index (χ1n) is 6.09. The van der Waals surface area contributed by atoms with E-state index < -0.39 is 0 Å². The van der Waals surface area contributed by atoms with Crippen LogP contribution in [0, 0.1) is 11.8 Å². The highest BCUT2D eigenvalue weighted by Gasteiger charge is 2.33. The lowest BCUT2D eigenvalue weighted by Gasteiger charge is -2.34. The van der Waals surface area contributed by atoms with Crippen molar-refractivity contribution in [1.82, 2.24) is 4.90 Å². The number of aliphatic hydroxyl groups is 1. The fourth-order valence-corrected chi connectivity index (χ4v) is 3.02. The molecule has 0 radical (unpaired) electrons. The maximum absolute atomic E-state index is 9.72. The van der Waals surface area contributed by atoms with Gasteiger partial charge >= 0.3 is 0 Å². The molecule has 0 bridgehead atoms. The molecule has 1 N–H and O–H groups in total. The molecule has 0 spiro atoms. The van der Waals surface area contributed by atoms with Crippen molar-refractivity contribution in [3.05, 3.63) is 0 Å². The van der Waals surface area contributed by atoms with Gasteiger partial charge in [0.25, 0.3) is 0 Å². The van der Waals surface area contributed by atoms with E-state index in [4.69, 9.17) is 0 Å². The zero-order valence-electron chi connectivity index (χ0n) is 9.45. The zero-order chi connectivity index (χ0) is 10.1. The smallest absolute Gasteiger partial charge is 0.0704 e. The maximum atomic E-state index is 9.72. The Labute approximate surface area is 87.3 Å². The van der Waals surface area contributed by atoms with Crippen molar-refractivity contribution in [2.75, 3.05) is 13.1 Å². The second-order valence-corrected chi connectivity index (χ2v) is 5.42. The summed E-state index contributed by atoms with van der Waals surface area (Å²) in [7, 11) is 0. The molecule has 0 aromatic heterocycles. The van der Waals surface area contributed by atoms with Crippen LogP contribution < -0.4 is 0 Å². The van der Waals surface area contributed by atoms with Crippen LogP contribution in [0.25, 0.3) is 0 Å². The minimum absolute atomic E-state index is 0.0766. The predicted molar refractivity (Wildman–Crippen MR) is 58.2 cm³/mol. The highest BCUT2D eigenvalue weighted by atomic mass is 16.3. The minimum atomic E-state index is -0.0766. The summed E-state index contributed by atoms with van der Waals surface area (Å²) < 4.78 is 0. The highest BCUT2D eigenvalue weighted by molar-refractivity contribution is 4.87. The van der Waals surface area contributed by atoms with Gasteiger partial charge in [0, 0.05) is 19.1 Å². The maximum Gasteiger partial charge on any atom is 0.0704 e. The molecule has 0 aromatic carbocycles. The lowest BCUT2D eigenvalue weighted by Crippen LogP contribution is -2.37. The molecule has 2 heteroatoms. The number of likely N-dealkylation sites (tertiary alicyclic amines) is 1. The van der Waals surface area contributed by atoms with E-state index in [0.29, 0.717) is 5.92 Å². The topological polar surface area (TPSA) is 23.5 Å². The van der Waals surface area contributed by atoms with Crippen LogP contribution in [0.1, 0.15) is 39.5 Å². The molecule has 4 atom stereocenters. The van der Waals surface area contributed by atoms with Gasteiger partial charge in [0.2, 0.25) is 0 Å². The first-order valence-corrected chi connectivity index (χ1v) is 6.09. The molecule has 14 heavy (non-hydrogen) atoms. The van der Waals surface area contributed by atoms with Gasteiger partial charge in [-0.05, 0) is 24.7 Å². The number of rotatable bonds is 1. The van der Waals surface area contributed by atoms with Crippen LogP contribution in [0.2, 0.25) is 0 Å². The van der Waals surface area contributed by atoms with Crippen LogP contribution in [0.3, 0.4) is 0 Å². The number of hydrogen-bond donors (Lipinski definition) is 1. The minimum Gasteiger partial charge on any atom is -0.391 e. The number of hydrogen-bond acceptors (Lipinski definition) is 2. The van der Waals surface area contributed by atoms with Crippen LogP contribution in [0.5, 0.6) is 0 Å². The first kappa shape index (κ1) is 10.4. The molecular formula is C12H23NO. The summed E-state index contributed by atoms with van der Waals surface area (Å²) in [6.07, 6.45) is 5.41. The van der Waals surface area contributed by atoms with E-state index in [-0.39, 0.29) is 6.10 Å². The molecule has 1 aliphatic heterocycles. The van der Waals surface area contributed by atoms with Crippen molar-refractivity contribution < 1.29 is 5.11 Å². The average Bonchev–Trinajstić information content (AvgIpc) is 2.47. The van der Waals surface area contributed by atoms with Crippen molar-refractivity contribution in [1.29, 1.82) is 0 Å². The van der Waals surface area contributed by atoms with Crippen molar-refractivity contribution in [2.24, 2.45) is 11.8 Å². The highest BCUT2D eigenvalue weighted by Crippen LogP contribution is 2.30. The molecule has 2 aliphatic rings. The van der Waals surface area contributed by atoms with E-state index >= 15 is 0 Å². The molecular weight excluding hydrogens is 174 g/mol. The number of nitrogens with zero attached hydrogens (tertiary/aromatic N) is 1. The molecule has 0 aromatic rings. The quantitative estimate of drug-likeness (QED) is 0.694. The fourth-order valence-electron chi connectivity index (χ4n) is 3.02. The van der Waals surface area contributed by atoms with Crippen molar-refractivity contribution >= 4 is 0 Å². The van der Waals surface area contributed by atoms with E-state index in [9.17, 15) is 5.11 Å².